The molecule has 0 saturated carbocycles. The molecule has 310 valence electrons. The highest BCUT2D eigenvalue weighted by molar-refractivity contribution is 9.11. The number of aryl methyl sites for hydroxylation is 1. The number of hydrogen-bond acceptors (Lipinski definition) is 11. The topological polar surface area (TPSA) is 190 Å². The predicted molar refractivity (Wildman–Crippen MR) is 220 cm³/mol. The van der Waals surface area contributed by atoms with E-state index < -0.39 is 53.5 Å². The first-order chi connectivity index (χ1) is 26.1. The van der Waals surface area contributed by atoms with Crippen LogP contribution in [0.2, 0.25) is 0 Å². The molecule has 3 N–H and O–H groups in total. The van der Waals surface area contributed by atoms with Crippen LogP contribution in [-0.4, -0.2) is 69.8 Å². The van der Waals surface area contributed by atoms with Crippen molar-refractivity contribution in [1.29, 1.82) is 0 Å². The molecule has 0 spiro atoms. The summed E-state index contributed by atoms with van der Waals surface area (Å²) in [5, 5.41) is 23.8. The van der Waals surface area contributed by atoms with Gasteiger partial charge in [-0.25, -0.2) is 45.5 Å². The number of esters is 1. The molecule has 0 bridgehead atoms. The number of aliphatic hydroxyl groups excluding tert-OH is 2. The first kappa shape index (κ1) is 57.9. The fourth-order valence-electron chi connectivity index (χ4n) is 2.50. The second-order valence-electron chi connectivity index (χ2n) is 7.81. The van der Waals surface area contributed by atoms with Crippen LogP contribution in [0.4, 0.5) is 17.6 Å². The molecular formula is C29H30Br4Cl4F4N4O8S2. The number of carboxylic acid groups (broad SMARTS) is 1. The van der Waals surface area contributed by atoms with Crippen molar-refractivity contribution in [2.45, 2.75) is 33.8 Å². The van der Waals surface area contributed by atoms with E-state index in [1.165, 1.54) is 37.8 Å². The van der Waals surface area contributed by atoms with E-state index in [1.54, 1.807) is 13.1 Å². The Kier molecular flexibility index (Phi) is 38.8. The Labute approximate surface area is 371 Å². The summed E-state index contributed by atoms with van der Waals surface area (Å²) in [5.41, 5.74) is -0.277. The van der Waals surface area contributed by atoms with Crippen molar-refractivity contribution in [2.75, 3.05) is 14.2 Å². The Morgan fingerprint density at radius 2 is 1.02 bits per heavy atom. The number of nitrogens with zero attached hydrogens (tertiary/aromatic N) is 4. The Balaban J connectivity index is -0.000000292. The molecule has 0 atom stereocenters. The standard InChI is InChI=1S/C7H5BrFNO2.C7H7BrFN.C6H3BrFNO2.C6H5BrFNO.C2H6.CH4O.2Cl2OS/c1-12-7(11)6-5(9)2-4(8)3-10-6;1-2-7-6(9)3-5(8)4-10-7;7-3-1-4(8)5(6(10)11)9-2-3;7-4-1-5(8)6(3-10)9-2-4;2*1-2;2*1-4(2)3/h2-3H,1H3;3-4H,2H2,1H3;1-2H,(H,10,11);1-2,10H,3H2;1-2H3;2H,1H3;;/i;;;;1D;;;. The Bertz CT molecular complexity index is 1740. The summed E-state index contributed by atoms with van der Waals surface area (Å²) in [7, 11) is 16.9. The second kappa shape index (κ2) is 36.9. The minimum Gasteiger partial charge on any atom is -0.476 e. The zero-order valence-corrected chi connectivity index (χ0v) is 39.3. The smallest absolute Gasteiger partial charge is 0.359 e. The molecular weight excluding hydrogens is 1130 g/mol. The third-order valence-corrected chi connectivity index (χ3v) is 6.18. The molecule has 0 fully saturated rings. The lowest BCUT2D eigenvalue weighted by Gasteiger charge is -1.99. The summed E-state index contributed by atoms with van der Waals surface area (Å²) < 4.78 is 81.7. The highest BCUT2D eigenvalue weighted by Gasteiger charge is 2.13. The lowest BCUT2D eigenvalue weighted by Crippen LogP contribution is -2.06. The monoisotopic (exact) mass is 1160 g/mol. The van der Waals surface area contributed by atoms with Crippen LogP contribution in [-0.2, 0) is 36.2 Å². The van der Waals surface area contributed by atoms with Gasteiger partial charge in [0.25, 0.3) is 0 Å². The van der Waals surface area contributed by atoms with Crippen LogP contribution in [0.3, 0.4) is 0 Å². The molecule has 0 radical (unpaired) electrons. The minimum absolute atomic E-state index is 0.0724. The summed E-state index contributed by atoms with van der Waals surface area (Å²) in [6, 6.07) is 4.89. The zero-order valence-electron chi connectivity index (χ0n) is 29.3. The van der Waals surface area contributed by atoms with Crippen LogP contribution >= 0.6 is 106 Å². The third-order valence-electron chi connectivity index (χ3n) is 4.45. The number of rotatable bonds is 4. The summed E-state index contributed by atoms with van der Waals surface area (Å²) in [5.74, 6) is -4.41. The molecule has 4 aromatic rings. The molecule has 0 unspecified atom stereocenters. The van der Waals surface area contributed by atoms with Crippen LogP contribution in [0.15, 0.2) is 66.9 Å². The fourth-order valence-corrected chi connectivity index (χ4v) is 3.71. The normalized spacial score (nSPS) is 9.35. The van der Waals surface area contributed by atoms with Crippen LogP contribution < -0.4 is 0 Å². The average molecular weight is 1170 g/mol. The van der Waals surface area contributed by atoms with Crippen molar-refractivity contribution in [2.24, 2.45) is 0 Å². The molecule has 4 rings (SSSR count). The molecule has 26 heteroatoms. The Hall–Kier alpha value is -1.44. The lowest BCUT2D eigenvalue weighted by molar-refractivity contribution is 0.0587. The maximum Gasteiger partial charge on any atom is 0.359 e. The molecule has 0 amide bonds. The highest BCUT2D eigenvalue weighted by Crippen LogP contribution is 2.14. The van der Waals surface area contributed by atoms with Gasteiger partial charge in [-0.2, -0.15) is 0 Å². The SMILES string of the molecule is CCc1ncc(Br)cc1F.CO.COC(=O)c1ncc(Br)cc1F.O=C(O)c1ncc(Br)cc1F.O=S(Cl)Cl.O=S(Cl)Cl.OCc1ncc(Br)cc1F.[2H]CC. The molecule has 4 heterocycles. The van der Waals surface area contributed by atoms with Gasteiger partial charge in [-0.15, -0.1) is 0 Å². The molecule has 55 heavy (non-hydrogen) atoms. The highest BCUT2D eigenvalue weighted by atomic mass is 79.9. The number of ether oxygens (including phenoxy) is 1. The van der Waals surface area contributed by atoms with Crippen LogP contribution in [0.1, 0.15) is 54.5 Å². The number of pyridine rings is 4. The zero-order chi connectivity index (χ0) is 44.6. The van der Waals surface area contributed by atoms with Gasteiger partial charge in [0.15, 0.2) is 23.0 Å². The van der Waals surface area contributed by atoms with E-state index in [4.69, 9.17) is 25.1 Å². The maximum atomic E-state index is 12.9. The van der Waals surface area contributed by atoms with Crippen molar-refractivity contribution in [3.63, 3.8) is 0 Å². The van der Waals surface area contributed by atoms with Gasteiger partial charge in [0.2, 0.25) is 18.5 Å². The maximum absolute atomic E-state index is 12.9. The van der Waals surface area contributed by atoms with Crippen molar-refractivity contribution in [3.8, 4) is 0 Å². The van der Waals surface area contributed by atoms with Gasteiger partial charge in [0.05, 0.1) is 19.4 Å². The van der Waals surface area contributed by atoms with E-state index in [2.05, 4.69) is 131 Å². The number of aromatic nitrogens is 4. The largest absolute Gasteiger partial charge is 0.476 e. The van der Waals surface area contributed by atoms with Crippen molar-refractivity contribution in [3.05, 3.63) is 113 Å². The molecule has 12 nitrogen and oxygen atoms in total. The number of halogens is 12. The quantitative estimate of drug-likeness (QED) is 0.0998. The number of methoxy groups -OCH3 is 1. The Morgan fingerprint density at radius 3 is 1.27 bits per heavy atom. The van der Waals surface area contributed by atoms with E-state index in [9.17, 15) is 27.2 Å². The van der Waals surface area contributed by atoms with Gasteiger partial charge < -0.3 is 20.1 Å². The van der Waals surface area contributed by atoms with Gasteiger partial charge in [0, 0.05) is 93.9 Å². The van der Waals surface area contributed by atoms with Crippen molar-refractivity contribution < 1.29 is 57.0 Å². The first-order valence-corrected chi connectivity index (χ1v) is 22.3. The van der Waals surface area contributed by atoms with E-state index in [-0.39, 0.29) is 23.8 Å². The number of carbonyl (C=O) groups excluding carboxylic acids is 1. The predicted octanol–water partition coefficient (Wildman–Crippen LogP) is 10.2. The van der Waals surface area contributed by atoms with Gasteiger partial charge in [0.1, 0.15) is 17.3 Å². The first-order valence-electron chi connectivity index (χ1n) is 14.2. The van der Waals surface area contributed by atoms with Gasteiger partial charge >= 0.3 is 11.9 Å². The van der Waals surface area contributed by atoms with Crippen molar-refractivity contribution in [1.82, 2.24) is 19.9 Å². The van der Waals surface area contributed by atoms with Crippen LogP contribution in [0, 0.1) is 23.3 Å². The summed E-state index contributed by atoms with van der Waals surface area (Å²) >= 11 is 12.1. The summed E-state index contributed by atoms with van der Waals surface area (Å²) in [6.45, 7) is 3.80. The van der Waals surface area contributed by atoms with E-state index in [1.807, 2.05) is 6.92 Å². The number of carbonyl (C=O) groups is 2. The molecule has 0 aromatic carbocycles. The van der Waals surface area contributed by atoms with E-state index in [0.717, 1.165) is 19.2 Å². The number of aliphatic hydroxyl groups is 2. The average Bonchev–Trinajstić information content (AvgIpc) is 3.09. The molecule has 0 aliphatic carbocycles. The second-order valence-corrected chi connectivity index (χ2v) is 16.5. The summed E-state index contributed by atoms with van der Waals surface area (Å²) in [4.78, 5) is 35.4. The molecule has 0 saturated heterocycles. The van der Waals surface area contributed by atoms with Crippen molar-refractivity contribution >= 4 is 137 Å². The molecule has 0 aliphatic heterocycles. The van der Waals surface area contributed by atoms with Crippen LogP contribution in [0.5, 0.6) is 0 Å². The molecule has 0 aliphatic rings. The van der Waals surface area contributed by atoms with E-state index in [0.29, 0.717) is 36.9 Å². The van der Waals surface area contributed by atoms with E-state index >= 15 is 0 Å². The van der Waals surface area contributed by atoms with Gasteiger partial charge in [-0.3, -0.25) is 9.97 Å². The fraction of sp³-hybridized carbons (Fsp3) is 0.241. The molecule has 4 aromatic heterocycles. The third kappa shape index (κ3) is 32.2. The minimum atomic E-state index is -1.67. The lowest BCUT2D eigenvalue weighted by atomic mass is 10.3. The summed E-state index contributed by atoms with van der Waals surface area (Å²) in [6.07, 6.45) is 6.23. The van der Waals surface area contributed by atoms with Crippen LogP contribution in [0.25, 0.3) is 0 Å². The van der Waals surface area contributed by atoms with Gasteiger partial charge in [-0.1, -0.05) is 20.7 Å². The number of carboxylic acids is 1. The number of aromatic carboxylic acids is 1. The Morgan fingerprint density at radius 1 is 0.727 bits per heavy atom. The number of hydrogen-bond donors (Lipinski definition) is 3. The van der Waals surface area contributed by atoms with Gasteiger partial charge in [-0.05, 0) is 94.4 Å².